The molecule has 0 aliphatic carbocycles. The molecule has 22 heavy (non-hydrogen) atoms. The van der Waals surface area contributed by atoms with Crippen LogP contribution in [0.15, 0.2) is 48.5 Å². The minimum absolute atomic E-state index is 0.00974. The van der Waals surface area contributed by atoms with Crippen LogP contribution >= 0.6 is 0 Å². The third-order valence-electron chi connectivity index (χ3n) is 3.08. The molecule has 0 spiro atoms. The van der Waals surface area contributed by atoms with E-state index in [-0.39, 0.29) is 18.2 Å². The summed E-state index contributed by atoms with van der Waals surface area (Å²) < 4.78 is 5.10. The maximum atomic E-state index is 11.9. The van der Waals surface area contributed by atoms with Crippen molar-refractivity contribution < 1.29 is 14.3 Å². The molecule has 5 heteroatoms. The first-order valence-corrected chi connectivity index (χ1v) is 6.87. The van der Waals surface area contributed by atoms with E-state index in [1.165, 1.54) is 6.92 Å². The Morgan fingerprint density at radius 1 is 1.05 bits per heavy atom. The van der Waals surface area contributed by atoms with Crippen LogP contribution in [0, 0.1) is 0 Å². The summed E-state index contributed by atoms with van der Waals surface area (Å²) in [4.78, 5) is 23.2. The number of amides is 1. The van der Waals surface area contributed by atoms with Gasteiger partial charge >= 0.3 is 0 Å². The molecule has 0 saturated heterocycles. The summed E-state index contributed by atoms with van der Waals surface area (Å²) in [5.74, 6) is 0.492. The van der Waals surface area contributed by atoms with Crippen LogP contribution in [-0.2, 0) is 4.79 Å². The summed E-state index contributed by atoms with van der Waals surface area (Å²) in [6, 6.07) is 14.2. The van der Waals surface area contributed by atoms with Crippen molar-refractivity contribution in [1.82, 2.24) is 0 Å². The first-order valence-electron chi connectivity index (χ1n) is 6.87. The lowest BCUT2D eigenvalue weighted by Crippen LogP contribution is -2.21. The first kappa shape index (κ1) is 15.6. The van der Waals surface area contributed by atoms with E-state index in [4.69, 9.17) is 4.74 Å². The van der Waals surface area contributed by atoms with Gasteiger partial charge in [0.25, 0.3) is 0 Å². The minimum Gasteiger partial charge on any atom is -0.497 e. The summed E-state index contributed by atoms with van der Waals surface area (Å²) in [7, 11) is 1.57. The summed E-state index contributed by atoms with van der Waals surface area (Å²) in [5.41, 5.74) is 2.01. The number of benzene rings is 2. The highest BCUT2D eigenvalue weighted by Gasteiger charge is 2.05. The molecule has 0 bridgehead atoms. The largest absolute Gasteiger partial charge is 0.497 e. The van der Waals surface area contributed by atoms with Gasteiger partial charge in [0.1, 0.15) is 5.75 Å². The summed E-state index contributed by atoms with van der Waals surface area (Å²) in [5, 5.41) is 5.77. The van der Waals surface area contributed by atoms with Crippen LogP contribution < -0.4 is 15.4 Å². The molecular formula is C17H18N2O3. The van der Waals surface area contributed by atoms with Crippen LogP contribution in [0.2, 0.25) is 0 Å². The van der Waals surface area contributed by atoms with E-state index in [0.717, 1.165) is 5.69 Å². The van der Waals surface area contributed by atoms with Gasteiger partial charge in [-0.1, -0.05) is 18.2 Å². The van der Waals surface area contributed by atoms with Gasteiger partial charge in [0, 0.05) is 23.0 Å². The van der Waals surface area contributed by atoms with Crippen molar-refractivity contribution in [2.45, 2.75) is 6.92 Å². The van der Waals surface area contributed by atoms with Crippen molar-refractivity contribution in [1.29, 1.82) is 0 Å². The average Bonchev–Trinajstić information content (AvgIpc) is 2.53. The van der Waals surface area contributed by atoms with Crippen LogP contribution in [-0.4, -0.2) is 25.3 Å². The predicted octanol–water partition coefficient (Wildman–Crippen LogP) is 2.95. The van der Waals surface area contributed by atoms with E-state index in [0.29, 0.717) is 17.0 Å². The fraction of sp³-hybridized carbons (Fsp3) is 0.176. The van der Waals surface area contributed by atoms with Crippen LogP contribution in [0.3, 0.4) is 0 Å². The molecule has 0 atom stereocenters. The van der Waals surface area contributed by atoms with Gasteiger partial charge in [-0.05, 0) is 31.2 Å². The number of carbonyl (C=O) groups excluding carboxylic acids is 2. The second-order valence-electron chi connectivity index (χ2n) is 4.77. The maximum Gasteiger partial charge on any atom is 0.243 e. The van der Waals surface area contributed by atoms with Gasteiger partial charge in [0.05, 0.1) is 13.7 Å². The number of rotatable bonds is 6. The SMILES string of the molecule is COc1cccc(NC(=O)CNc2cccc(C(C)=O)c2)c1. The number of Topliss-reactive ketones (excluding diaryl/α,β-unsaturated/α-hetero) is 1. The second kappa shape index (κ2) is 7.26. The van der Waals surface area contributed by atoms with E-state index in [2.05, 4.69) is 10.6 Å². The Labute approximate surface area is 129 Å². The quantitative estimate of drug-likeness (QED) is 0.805. The first-order chi connectivity index (χ1) is 10.6. The molecule has 2 aromatic rings. The molecule has 2 N–H and O–H groups in total. The Hall–Kier alpha value is -2.82. The molecule has 0 heterocycles. The van der Waals surface area contributed by atoms with Gasteiger partial charge < -0.3 is 15.4 Å². The molecule has 0 aromatic heterocycles. The average molecular weight is 298 g/mol. The van der Waals surface area contributed by atoms with Gasteiger partial charge in [0.15, 0.2) is 5.78 Å². The van der Waals surface area contributed by atoms with Crippen LogP contribution in [0.5, 0.6) is 5.75 Å². The number of hydrogen-bond acceptors (Lipinski definition) is 4. The molecule has 114 valence electrons. The zero-order valence-electron chi connectivity index (χ0n) is 12.6. The molecule has 2 aromatic carbocycles. The number of ketones is 1. The van der Waals surface area contributed by atoms with Crippen LogP contribution in [0.4, 0.5) is 11.4 Å². The van der Waals surface area contributed by atoms with Gasteiger partial charge in [-0.3, -0.25) is 9.59 Å². The fourth-order valence-electron chi connectivity index (χ4n) is 1.94. The molecular weight excluding hydrogens is 280 g/mol. The lowest BCUT2D eigenvalue weighted by Gasteiger charge is -2.09. The number of methoxy groups -OCH3 is 1. The van der Waals surface area contributed by atoms with Gasteiger partial charge in [-0.2, -0.15) is 0 Å². The van der Waals surface area contributed by atoms with E-state index in [9.17, 15) is 9.59 Å². The lowest BCUT2D eigenvalue weighted by molar-refractivity contribution is -0.114. The Kier molecular flexibility index (Phi) is 5.14. The third-order valence-corrected chi connectivity index (χ3v) is 3.08. The molecule has 0 unspecified atom stereocenters. The minimum atomic E-state index is -0.179. The maximum absolute atomic E-state index is 11.9. The molecule has 2 rings (SSSR count). The zero-order chi connectivity index (χ0) is 15.9. The number of carbonyl (C=O) groups is 2. The molecule has 5 nitrogen and oxygen atoms in total. The summed E-state index contributed by atoms with van der Waals surface area (Å²) in [6.07, 6.45) is 0. The van der Waals surface area contributed by atoms with E-state index < -0.39 is 0 Å². The van der Waals surface area contributed by atoms with Crippen LogP contribution in [0.1, 0.15) is 17.3 Å². The predicted molar refractivity (Wildman–Crippen MR) is 86.6 cm³/mol. The lowest BCUT2D eigenvalue weighted by atomic mass is 10.1. The molecule has 0 aliphatic heterocycles. The van der Waals surface area contributed by atoms with Crippen LogP contribution in [0.25, 0.3) is 0 Å². The molecule has 0 fully saturated rings. The van der Waals surface area contributed by atoms with Crippen molar-refractivity contribution in [3.05, 3.63) is 54.1 Å². The summed E-state index contributed by atoms with van der Waals surface area (Å²) in [6.45, 7) is 1.62. The third kappa shape index (κ3) is 4.34. The Bertz CT molecular complexity index is 683. The number of ether oxygens (including phenoxy) is 1. The van der Waals surface area contributed by atoms with Gasteiger partial charge in [-0.15, -0.1) is 0 Å². The molecule has 1 amide bonds. The van der Waals surface area contributed by atoms with Crippen molar-refractivity contribution in [3.8, 4) is 5.75 Å². The zero-order valence-corrected chi connectivity index (χ0v) is 12.6. The molecule has 0 saturated carbocycles. The van der Waals surface area contributed by atoms with E-state index >= 15 is 0 Å². The van der Waals surface area contributed by atoms with Gasteiger partial charge in [-0.25, -0.2) is 0 Å². The highest BCUT2D eigenvalue weighted by molar-refractivity contribution is 5.96. The van der Waals surface area contributed by atoms with Crippen molar-refractivity contribution in [2.24, 2.45) is 0 Å². The highest BCUT2D eigenvalue weighted by atomic mass is 16.5. The highest BCUT2D eigenvalue weighted by Crippen LogP contribution is 2.16. The van der Waals surface area contributed by atoms with Crippen molar-refractivity contribution in [3.63, 3.8) is 0 Å². The standard InChI is InChI=1S/C17H18N2O3/c1-12(20)13-5-3-6-14(9-13)18-11-17(21)19-15-7-4-8-16(10-15)22-2/h3-10,18H,11H2,1-2H3,(H,19,21). The monoisotopic (exact) mass is 298 g/mol. The number of anilines is 2. The van der Waals surface area contributed by atoms with Crippen molar-refractivity contribution in [2.75, 3.05) is 24.3 Å². The Morgan fingerprint density at radius 3 is 2.50 bits per heavy atom. The molecule has 0 radical (unpaired) electrons. The fourth-order valence-corrected chi connectivity index (χ4v) is 1.94. The Morgan fingerprint density at radius 2 is 1.77 bits per heavy atom. The Balaban J connectivity index is 1.92. The number of nitrogens with one attached hydrogen (secondary N) is 2. The summed E-state index contributed by atoms with van der Waals surface area (Å²) >= 11 is 0. The van der Waals surface area contributed by atoms with E-state index in [1.807, 2.05) is 6.07 Å². The normalized spacial score (nSPS) is 9.91. The molecule has 0 aliphatic rings. The topological polar surface area (TPSA) is 67.4 Å². The van der Waals surface area contributed by atoms with E-state index in [1.54, 1.807) is 49.6 Å². The van der Waals surface area contributed by atoms with Gasteiger partial charge in [0.2, 0.25) is 5.91 Å². The van der Waals surface area contributed by atoms with Crippen molar-refractivity contribution >= 4 is 23.1 Å². The second-order valence-corrected chi connectivity index (χ2v) is 4.77. The smallest absolute Gasteiger partial charge is 0.243 e. The number of hydrogen-bond donors (Lipinski definition) is 2.